The van der Waals surface area contributed by atoms with Crippen LogP contribution >= 0.6 is 15.9 Å². The minimum absolute atomic E-state index is 0.188. The van der Waals surface area contributed by atoms with E-state index in [1.807, 2.05) is 37.4 Å². The minimum atomic E-state index is 0.188. The van der Waals surface area contributed by atoms with Crippen molar-refractivity contribution in [1.29, 1.82) is 0 Å². The van der Waals surface area contributed by atoms with Gasteiger partial charge in [0.15, 0.2) is 0 Å². The van der Waals surface area contributed by atoms with E-state index in [9.17, 15) is 4.79 Å². The van der Waals surface area contributed by atoms with Gasteiger partial charge in [-0.1, -0.05) is 34.1 Å². The summed E-state index contributed by atoms with van der Waals surface area (Å²) in [6.07, 6.45) is 2.60. The van der Waals surface area contributed by atoms with Crippen LogP contribution in [0.15, 0.2) is 30.3 Å². The minimum Gasteiger partial charge on any atom is -0.492 e. The van der Waals surface area contributed by atoms with Crippen molar-refractivity contribution in [3.8, 4) is 5.75 Å². The number of para-hydroxylation sites is 1. The molecule has 1 aromatic carbocycles. The second kappa shape index (κ2) is 8.97. The Morgan fingerprint density at radius 2 is 2.00 bits per heavy atom. The Labute approximate surface area is 117 Å². The normalized spacial score (nSPS) is 10.1. The van der Waals surface area contributed by atoms with E-state index in [0.717, 1.165) is 23.9 Å². The molecule has 4 heteroatoms. The van der Waals surface area contributed by atoms with Gasteiger partial charge >= 0.3 is 0 Å². The topological polar surface area (TPSA) is 29.5 Å². The lowest BCUT2D eigenvalue weighted by atomic mass is 10.2. The van der Waals surface area contributed by atoms with Gasteiger partial charge in [-0.25, -0.2) is 0 Å². The number of carbonyl (C=O) groups excluding carboxylic acids is 1. The van der Waals surface area contributed by atoms with Gasteiger partial charge in [0.1, 0.15) is 12.4 Å². The first-order valence-corrected chi connectivity index (χ1v) is 7.34. The summed E-state index contributed by atoms with van der Waals surface area (Å²) in [5.41, 5.74) is 0. The standard InChI is InChI=1S/C14H20BrNO2/c1-16(14(17)9-5-6-10-15)11-12-18-13-7-3-2-4-8-13/h2-4,7-8H,5-6,9-12H2,1H3. The first kappa shape index (κ1) is 15.0. The van der Waals surface area contributed by atoms with Crippen molar-refractivity contribution in [2.24, 2.45) is 0 Å². The van der Waals surface area contributed by atoms with Gasteiger partial charge in [0.05, 0.1) is 6.54 Å². The number of amides is 1. The molecule has 0 aliphatic rings. The Balaban J connectivity index is 2.16. The molecule has 0 unspecified atom stereocenters. The summed E-state index contributed by atoms with van der Waals surface area (Å²) in [7, 11) is 1.82. The molecule has 100 valence electrons. The zero-order valence-corrected chi connectivity index (χ0v) is 12.4. The molecular formula is C14H20BrNO2. The average molecular weight is 314 g/mol. The average Bonchev–Trinajstić information content (AvgIpc) is 2.40. The maximum atomic E-state index is 11.7. The molecule has 1 aromatic rings. The fraction of sp³-hybridized carbons (Fsp3) is 0.500. The quantitative estimate of drug-likeness (QED) is 0.545. The summed E-state index contributed by atoms with van der Waals surface area (Å²) in [4.78, 5) is 13.4. The first-order chi connectivity index (χ1) is 8.74. The molecule has 0 atom stereocenters. The lowest BCUT2D eigenvalue weighted by Gasteiger charge is -2.17. The van der Waals surface area contributed by atoms with E-state index in [2.05, 4.69) is 15.9 Å². The molecule has 0 heterocycles. The molecule has 0 saturated carbocycles. The highest BCUT2D eigenvalue weighted by Crippen LogP contribution is 2.08. The molecule has 1 amide bonds. The van der Waals surface area contributed by atoms with Crippen LogP contribution in [0.2, 0.25) is 0 Å². The van der Waals surface area contributed by atoms with E-state index in [-0.39, 0.29) is 5.91 Å². The summed E-state index contributed by atoms with van der Waals surface area (Å²) in [5, 5.41) is 0.959. The van der Waals surface area contributed by atoms with Gasteiger partial charge in [-0.15, -0.1) is 0 Å². The molecule has 0 spiro atoms. The summed E-state index contributed by atoms with van der Waals surface area (Å²) >= 11 is 3.36. The highest BCUT2D eigenvalue weighted by Gasteiger charge is 2.07. The number of nitrogens with zero attached hydrogens (tertiary/aromatic N) is 1. The predicted molar refractivity (Wildman–Crippen MR) is 77.2 cm³/mol. The van der Waals surface area contributed by atoms with Crippen molar-refractivity contribution in [2.75, 3.05) is 25.5 Å². The number of alkyl halides is 1. The first-order valence-electron chi connectivity index (χ1n) is 6.22. The number of hydrogen-bond acceptors (Lipinski definition) is 2. The zero-order chi connectivity index (χ0) is 13.2. The number of carbonyl (C=O) groups is 1. The third kappa shape index (κ3) is 6.05. The number of unbranched alkanes of at least 4 members (excludes halogenated alkanes) is 1. The Morgan fingerprint density at radius 3 is 2.67 bits per heavy atom. The van der Waals surface area contributed by atoms with Gasteiger partial charge in [0.25, 0.3) is 0 Å². The summed E-state index contributed by atoms with van der Waals surface area (Å²) < 4.78 is 5.55. The molecule has 3 nitrogen and oxygen atoms in total. The van der Waals surface area contributed by atoms with Crippen LogP contribution in [0.25, 0.3) is 0 Å². The number of rotatable bonds is 8. The van der Waals surface area contributed by atoms with Gasteiger partial charge in [-0.05, 0) is 25.0 Å². The van der Waals surface area contributed by atoms with Crippen molar-refractivity contribution in [3.05, 3.63) is 30.3 Å². The molecule has 0 bridgehead atoms. The van der Waals surface area contributed by atoms with Gasteiger partial charge in [-0.3, -0.25) is 4.79 Å². The lowest BCUT2D eigenvalue weighted by molar-refractivity contribution is -0.130. The monoisotopic (exact) mass is 313 g/mol. The summed E-state index contributed by atoms with van der Waals surface area (Å²) in [6, 6.07) is 9.65. The fourth-order valence-electron chi connectivity index (χ4n) is 1.50. The van der Waals surface area contributed by atoms with Crippen molar-refractivity contribution in [2.45, 2.75) is 19.3 Å². The van der Waals surface area contributed by atoms with Crippen LogP contribution in [0, 0.1) is 0 Å². The molecule has 0 saturated heterocycles. The van der Waals surface area contributed by atoms with Crippen molar-refractivity contribution in [3.63, 3.8) is 0 Å². The molecule has 0 radical (unpaired) electrons. The van der Waals surface area contributed by atoms with Crippen LogP contribution in [0.1, 0.15) is 19.3 Å². The van der Waals surface area contributed by atoms with E-state index in [1.54, 1.807) is 4.90 Å². The van der Waals surface area contributed by atoms with Gasteiger partial charge in [0.2, 0.25) is 5.91 Å². The van der Waals surface area contributed by atoms with E-state index in [4.69, 9.17) is 4.74 Å². The van der Waals surface area contributed by atoms with Crippen LogP contribution < -0.4 is 4.74 Å². The van der Waals surface area contributed by atoms with Gasteiger partial charge in [0, 0.05) is 18.8 Å². The smallest absolute Gasteiger partial charge is 0.222 e. The molecule has 0 N–H and O–H groups in total. The number of hydrogen-bond donors (Lipinski definition) is 0. The number of benzene rings is 1. The third-order valence-corrected chi connectivity index (χ3v) is 3.20. The van der Waals surface area contributed by atoms with Crippen LogP contribution in [0.5, 0.6) is 5.75 Å². The van der Waals surface area contributed by atoms with Crippen LogP contribution in [0.3, 0.4) is 0 Å². The van der Waals surface area contributed by atoms with Crippen LogP contribution in [-0.4, -0.2) is 36.3 Å². The second-order valence-electron chi connectivity index (χ2n) is 4.12. The van der Waals surface area contributed by atoms with E-state index >= 15 is 0 Å². The number of halogens is 1. The molecular weight excluding hydrogens is 294 g/mol. The highest BCUT2D eigenvalue weighted by atomic mass is 79.9. The summed E-state index contributed by atoms with van der Waals surface area (Å²) in [5.74, 6) is 1.03. The molecule has 18 heavy (non-hydrogen) atoms. The highest BCUT2D eigenvalue weighted by molar-refractivity contribution is 9.09. The Kier molecular flexibility index (Phi) is 7.49. The van der Waals surface area contributed by atoms with Crippen molar-refractivity contribution < 1.29 is 9.53 Å². The Bertz CT molecular complexity index is 343. The molecule has 0 aliphatic heterocycles. The number of ether oxygens (including phenoxy) is 1. The Morgan fingerprint density at radius 1 is 1.28 bits per heavy atom. The van der Waals surface area contributed by atoms with Crippen LogP contribution in [0.4, 0.5) is 0 Å². The fourth-order valence-corrected chi connectivity index (χ4v) is 1.90. The lowest BCUT2D eigenvalue weighted by Crippen LogP contribution is -2.30. The van der Waals surface area contributed by atoms with Crippen molar-refractivity contribution in [1.82, 2.24) is 4.90 Å². The van der Waals surface area contributed by atoms with Crippen LogP contribution in [-0.2, 0) is 4.79 Å². The maximum absolute atomic E-state index is 11.7. The molecule has 1 rings (SSSR count). The molecule has 0 fully saturated rings. The third-order valence-electron chi connectivity index (χ3n) is 2.64. The maximum Gasteiger partial charge on any atom is 0.222 e. The Hall–Kier alpha value is -1.03. The molecule has 0 aromatic heterocycles. The van der Waals surface area contributed by atoms with Crippen molar-refractivity contribution >= 4 is 21.8 Å². The zero-order valence-electron chi connectivity index (χ0n) is 10.8. The second-order valence-corrected chi connectivity index (χ2v) is 4.92. The van der Waals surface area contributed by atoms with E-state index < -0.39 is 0 Å². The summed E-state index contributed by atoms with van der Waals surface area (Å²) in [6.45, 7) is 1.16. The molecule has 0 aliphatic carbocycles. The SMILES string of the molecule is CN(CCOc1ccccc1)C(=O)CCCCBr. The van der Waals surface area contributed by atoms with E-state index in [0.29, 0.717) is 19.6 Å². The number of likely N-dealkylation sites (N-methyl/N-ethyl adjacent to an activating group) is 1. The predicted octanol–water partition coefficient (Wildman–Crippen LogP) is 3.09. The van der Waals surface area contributed by atoms with Gasteiger partial charge < -0.3 is 9.64 Å². The van der Waals surface area contributed by atoms with E-state index in [1.165, 1.54) is 0 Å². The largest absolute Gasteiger partial charge is 0.492 e. The van der Waals surface area contributed by atoms with Gasteiger partial charge in [-0.2, -0.15) is 0 Å².